The Labute approximate surface area is 106 Å². The maximum Gasteiger partial charge on any atom is 0.264 e. The lowest BCUT2D eigenvalue weighted by molar-refractivity contribution is -0.123. The molecular weight excluding hydrogens is 288 g/mol. The monoisotopic (exact) mass is 304 g/mol. The molecule has 0 N–H and O–H groups in total. The van der Waals surface area contributed by atoms with Crippen LogP contribution in [0.25, 0.3) is 0 Å². The average molecular weight is 304 g/mol. The summed E-state index contributed by atoms with van der Waals surface area (Å²) in [5.41, 5.74) is 0. The molecule has 18 heavy (non-hydrogen) atoms. The van der Waals surface area contributed by atoms with Crippen molar-refractivity contribution in [2.45, 2.75) is 24.9 Å². The number of hydrogen-bond donors (Lipinski definition) is 0. The Morgan fingerprint density at radius 1 is 1.17 bits per heavy atom. The van der Waals surface area contributed by atoms with E-state index in [-0.39, 0.29) is 13.0 Å². The molecular formula is C8H16O8S2. The van der Waals surface area contributed by atoms with Crippen LogP contribution in [-0.4, -0.2) is 61.6 Å². The highest BCUT2D eigenvalue weighted by atomic mass is 32.2. The van der Waals surface area contributed by atoms with Crippen molar-refractivity contribution >= 4 is 20.2 Å². The molecule has 0 aromatic rings. The van der Waals surface area contributed by atoms with Gasteiger partial charge < -0.3 is 9.47 Å². The van der Waals surface area contributed by atoms with E-state index in [1.54, 1.807) is 0 Å². The van der Waals surface area contributed by atoms with E-state index in [9.17, 15) is 16.8 Å². The quantitative estimate of drug-likeness (QED) is 0.579. The summed E-state index contributed by atoms with van der Waals surface area (Å²) in [6, 6.07) is 0. The van der Waals surface area contributed by atoms with Gasteiger partial charge in [0.25, 0.3) is 20.2 Å². The van der Waals surface area contributed by atoms with Gasteiger partial charge in [0, 0.05) is 13.5 Å². The number of hydrogen-bond acceptors (Lipinski definition) is 8. The zero-order valence-corrected chi connectivity index (χ0v) is 11.9. The number of rotatable bonds is 6. The van der Waals surface area contributed by atoms with Gasteiger partial charge in [-0.2, -0.15) is 16.8 Å². The summed E-state index contributed by atoms with van der Waals surface area (Å²) in [5.74, 6) is 0. The van der Waals surface area contributed by atoms with E-state index in [1.165, 1.54) is 7.11 Å². The topological polar surface area (TPSA) is 105 Å². The summed E-state index contributed by atoms with van der Waals surface area (Å²) in [5, 5.41) is 0. The first-order valence-corrected chi connectivity index (χ1v) is 8.65. The van der Waals surface area contributed by atoms with Gasteiger partial charge in [-0.3, -0.25) is 8.37 Å². The third kappa shape index (κ3) is 5.59. The second-order valence-electron chi connectivity index (χ2n) is 3.90. The molecule has 0 amide bonds. The maximum absolute atomic E-state index is 11.1. The van der Waals surface area contributed by atoms with E-state index in [1.807, 2.05) is 0 Å². The molecule has 1 aliphatic rings. The predicted octanol–water partition coefficient (Wildman–Crippen LogP) is -0.931. The third-order valence-electron chi connectivity index (χ3n) is 2.17. The van der Waals surface area contributed by atoms with Gasteiger partial charge in [-0.1, -0.05) is 0 Å². The zero-order chi connectivity index (χ0) is 14.0. The van der Waals surface area contributed by atoms with E-state index in [0.717, 1.165) is 12.5 Å². The van der Waals surface area contributed by atoms with Crippen LogP contribution in [0.1, 0.15) is 6.42 Å². The smallest absolute Gasteiger partial charge is 0.264 e. The van der Waals surface area contributed by atoms with Crippen LogP contribution in [0.4, 0.5) is 0 Å². The van der Waals surface area contributed by atoms with E-state index in [4.69, 9.17) is 13.7 Å². The lowest BCUT2D eigenvalue weighted by Gasteiger charge is -2.16. The molecule has 1 fully saturated rings. The fourth-order valence-corrected chi connectivity index (χ4v) is 2.53. The summed E-state index contributed by atoms with van der Waals surface area (Å²) in [4.78, 5) is 0. The summed E-state index contributed by atoms with van der Waals surface area (Å²) >= 11 is 0. The molecule has 10 heteroatoms. The first kappa shape index (κ1) is 15.8. The number of methoxy groups -OCH3 is 1. The van der Waals surface area contributed by atoms with Gasteiger partial charge in [-0.25, -0.2) is 0 Å². The van der Waals surface area contributed by atoms with Gasteiger partial charge in [0.2, 0.25) is 0 Å². The zero-order valence-electron chi connectivity index (χ0n) is 10.2. The second-order valence-corrected chi connectivity index (χ2v) is 7.15. The molecule has 1 saturated heterocycles. The van der Waals surface area contributed by atoms with Crippen molar-refractivity contribution in [1.29, 1.82) is 0 Å². The lowest BCUT2D eigenvalue weighted by Crippen LogP contribution is -2.31. The molecule has 8 nitrogen and oxygen atoms in total. The standard InChI is InChI=1S/C8H16O8S2/c1-13-8-4-6(16-18(3,11)12)7(15-8)5-14-17(2,9)10/h6-8H,4-5H2,1-3H3. The Morgan fingerprint density at radius 3 is 2.22 bits per heavy atom. The van der Waals surface area contributed by atoms with Crippen LogP contribution in [0, 0.1) is 0 Å². The Bertz CT molecular complexity index is 467. The van der Waals surface area contributed by atoms with Crippen molar-refractivity contribution < 1.29 is 34.7 Å². The fraction of sp³-hybridized carbons (Fsp3) is 1.00. The van der Waals surface area contributed by atoms with Crippen LogP contribution in [0.3, 0.4) is 0 Å². The Morgan fingerprint density at radius 2 is 1.78 bits per heavy atom. The Hall–Kier alpha value is -0.260. The second kappa shape index (κ2) is 5.80. The Kier molecular flexibility index (Phi) is 5.09. The molecule has 0 bridgehead atoms. The molecule has 1 rings (SSSR count). The normalized spacial score (nSPS) is 29.6. The van der Waals surface area contributed by atoms with Crippen molar-refractivity contribution in [1.82, 2.24) is 0 Å². The van der Waals surface area contributed by atoms with Gasteiger partial charge in [0.1, 0.15) is 12.2 Å². The first-order valence-electron chi connectivity index (χ1n) is 5.01. The minimum atomic E-state index is -3.67. The lowest BCUT2D eigenvalue weighted by atomic mass is 10.2. The molecule has 3 atom stereocenters. The Balaban J connectivity index is 2.67. The molecule has 0 spiro atoms. The highest BCUT2D eigenvalue weighted by Gasteiger charge is 2.39. The van der Waals surface area contributed by atoms with Crippen molar-refractivity contribution in [3.63, 3.8) is 0 Å². The molecule has 3 unspecified atom stereocenters. The van der Waals surface area contributed by atoms with Crippen molar-refractivity contribution in [3.05, 3.63) is 0 Å². The molecule has 0 radical (unpaired) electrons. The van der Waals surface area contributed by atoms with Gasteiger partial charge >= 0.3 is 0 Å². The molecule has 0 saturated carbocycles. The molecule has 0 aliphatic carbocycles. The SMILES string of the molecule is COC1CC(OS(C)(=O)=O)C(COS(C)(=O)=O)O1. The van der Waals surface area contributed by atoms with Crippen LogP contribution in [0.15, 0.2) is 0 Å². The fourth-order valence-electron chi connectivity index (χ4n) is 1.49. The van der Waals surface area contributed by atoms with Gasteiger partial charge in [0.05, 0.1) is 19.1 Å². The average Bonchev–Trinajstić information content (AvgIpc) is 2.54. The van der Waals surface area contributed by atoms with Crippen molar-refractivity contribution in [2.75, 3.05) is 26.2 Å². The van der Waals surface area contributed by atoms with Crippen LogP contribution in [-0.2, 0) is 38.1 Å². The number of ether oxygens (including phenoxy) is 2. The molecule has 1 aliphatic heterocycles. The van der Waals surface area contributed by atoms with Gasteiger partial charge in [-0.05, 0) is 0 Å². The molecule has 1 heterocycles. The van der Waals surface area contributed by atoms with Gasteiger partial charge in [-0.15, -0.1) is 0 Å². The van der Waals surface area contributed by atoms with E-state index >= 15 is 0 Å². The predicted molar refractivity (Wildman–Crippen MR) is 60.8 cm³/mol. The largest absolute Gasteiger partial charge is 0.356 e. The van der Waals surface area contributed by atoms with Crippen LogP contribution >= 0.6 is 0 Å². The van der Waals surface area contributed by atoms with Gasteiger partial charge in [0.15, 0.2) is 6.29 Å². The van der Waals surface area contributed by atoms with Crippen LogP contribution in [0.5, 0.6) is 0 Å². The minimum absolute atomic E-state index is 0.182. The van der Waals surface area contributed by atoms with Crippen molar-refractivity contribution in [2.24, 2.45) is 0 Å². The maximum atomic E-state index is 11.1. The first-order chi connectivity index (χ1) is 8.11. The molecule has 0 aromatic carbocycles. The van der Waals surface area contributed by atoms with Crippen LogP contribution < -0.4 is 0 Å². The summed E-state index contributed by atoms with van der Waals surface area (Å²) in [6.07, 6.45) is -0.318. The third-order valence-corrected chi connectivity index (χ3v) is 3.33. The van der Waals surface area contributed by atoms with Crippen molar-refractivity contribution in [3.8, 4) is 0 Å². The summed E-state index contributed by atoms with van der Waals surface area (Å²) in [6.45, 7) is -0.321. The van der Waals surface area contributed by atoms with E-state index < -0.39 is 38.7 Å². The highest BCUT2D eigenvalue weighted by molar-refractivity contribution is 7.86. The van der Waals surface area contributed by atoms with E-state index in [0.29, 0.717) is 0 Å². The van der Waals surface area contributed by atoms with E-state index in [2.05, 4.69) is 4.18 Å². The summed E-state index contributed by atoms with van der Waals surface area (Å²) < 4.78 is 63.4. The minimum Gasteiger partial charge on any atom is -0.356 e. The molecule has 0 aromatic heterocycles. The highest BCUT2D eigenvalue weighted by Crippen LogP contribution is 2.25. The molecule has 108 valence electrons. The van der Waals surface area contributed by atoms with Crippen LogP contribution in [0.2, 0.25) is 0 Å². The summed E-state index contributed by atoms with van der Waals surface area (Å²) in [7, 11) is -5.90.